The van der Waals surface area contributed by atoms with E-state index in [1.165, 1.54) is 36.5 Å². The summed E-state index contributed by atoms with van der Waals surface area (Å²) in [4.78, 5) is 62.6. The molecule has 0 saturated carbocycles. The van der Waals surface area contributed by atoms with Gasteiger partial charge in [0.2, 0.25) is 11.8 Å². The number of nitrogens with zero attached hydrogens (tertiary/aromatic N) is 2. The minimum atomic E-state index is -0.667. The van der Waals surface area contributed by atoms with Crippen LogP contribution in [0.3, 0.4) is 0 Å². The van der Waals surface area contributed by atoms with Gasteiger partial charge in [-0.3, -0.25) is 19.2 Å². The molecule has 1 aliphatic heterocycles. The number of hydrogen-bond donors (Lipinski definition) is 3. The van der Waals surface area contributed by atoms with Crippen LogP contribution in [-0.4, -0.2) is 46.0 Å². The standard InChI is InChI=1S/C28H29N5O7.C2H6/c1-18-14-23(32-40-18)27(37)31-22-8-5-13-33(28(22)38)16-24(34)30-21(15-20-11-12-29-26(20)36)9-10-25(35)39-17-19-6-3-2-4-7-19;1-2/h2-10,13-14,20-21H,11-12,15-17H2,1H3,(H,29,36)(H,30,34)(H,31,37);1-2H3/b10-9+;. The second kappa shape index (κ2) is 15.7. The molecule has 1 aliphatic rings. The van der Waals surface area contributed by atoms with E-state index in [4.69, 9.17) is 9.26 Å². The van der Waals surface area contributed by atoms with Gasteiger partial charge in [0.05, 0.1) is 0 Å². The van der Waals surface area contributed by atoms with Crippen molar-refractivity contribution in [3.63, 3.8) is 0 Å². The molecule has 1 saturated heterocycles. The van der Waals surface area contributed by atoms with Gasteiger partial charge in [0.1, 0.15) is 24.6 Å². The first-order chi connectivity index (χ1) is 20.3. The van der Waals surface area contributed by atoms with Crippen molar-refractivity contribution in [2.45, 2.75) is 52.8 Å². The molecule has 0 radical (unpaired) electrons. The predicted octanol–water partition coefficient (Wildman–Crippen LogP) is 2.73. The summed E-state index contributed by atoms with van der Waals surface area (Å²) < 4.78 is 11.3. The third-order valence-electron chi connectivity index (χ3n) is 6.18. The molecule has 1 fully saturated rings. The van der Waals surface area contributed by atoms with Crippen LogP contribution >= 0.6 is 0 Å². The Morgan fingerprint density at radius 2 is 1.93 bits per heavy atom. The van der Waals surface area contributed by atoms with Gasteiger partial charge in [-0.25, -0.2) is 4.79 Å². The van der Waals surface area contributed by atoms with E-state index in [0.717, 1.165) is 10.1 Å². The van der Waals surface area contributed by atoms with Gasteiger partial charge in [-0.15, -0.1) is 0 Å². The van der Waals surface area contributed by atoms with Crippen molar-refractivity contribution in [1.82, 2.24) is 20.4 Å². The highest BCUT2D eigenvalue weighted by molar-refractivity contribution is 6.02. The normalized spacial score (nSPS) is 14.8. The monoisotopic (exact) mass is 577 g/mol. The number of amides is 3. The number of nitrogens with one attached hydrogen (secondary N) is 3. The number of benzene rings is 1. The van der Waals surface area contributed by atoms with Crippen LogP contribution in [0, 0.1) is 12.8 Å². The van der Waals surface area contributed by atoms with Crippen molar-refractivity contribution in [3.05, 3.63) is 94.3 Å². The summed E-state index contributed by atoms with van der Waals surface area (Å²) in [5.74, 6) is -1.77. The number of aryl methyl sites for hydroxylation is 1. The fourth-order valence-electron chi connectivity index (χ4n) is 4.16. The van der Waals surface area contributed by atoms with Gasteiger partial charge in [0, 0.05) is 36.8 Å². The summed E-state index contributed by atoms with van der Waals surface area (Å²) in [6.45, 7) is 5.91. The minimum Gasteiger partial charge on any atom is -0.458 e. The molecule has 0 aliphatic carbocycles. The lowest BCUT2D eigenvalue weighted by atomic mass is 9.98. The van der Waals surface area contributed by atoms with Crippen molar-refractivity contribution in [1.29, 1.82) is 0 Å². The number of rotatable bonds is 11. The van der Waals surface area contributed by atoms with Crippen LogP contribution in [0.2, 0.25) is 0 Å². The van der Waals surface area contributed by atoms with E-state index in [9.17, 15) is 24.0 Å². The first-order valence-electron chi connectivity index (χ1n) is 13.7. The number of ether oxygens (including phenoxy) is 1. The van der Waals surface area contributed by atoms with Gasteiger partial charge < -0.3 is 29.8 Å². The Kier molecular flexibility index (Phi) is 11.8. The van der Waals surface area contributed by atoms with E-state index in [0.29, 0.717) is 18.7 Å². The second-order valence-electron chi connectivity index (χ2n) is 9.27. The molecule has 2 atom stereocenters. The highest BCUT2D eigenvalue weighted by Crippen LogP contribution is 2.17. The van der Waals surface area contributed by atoms with Crippen LogP contribution in [0.4, 0.5) is 5.69 Å². The maximum atomic E-state index is 12.9. The van der Waals surface area contributed by atoms with Crippen LogP contribution < -0.4 is 21.5 Å². The average molecular weight is 578 g/mol. The van der Waals surface area contributed by atoms with E-state index in [1.54, 1.807) is 6.92 Å². The maximum Gasteiger partial charge on any atom is 0.330 e. The number of pyridine rings is 1. The van der Waals surface area contributed by atoms with Gasteiger partial charge in [-0.05, 0) is 37.5 Å². The fraction of sp³-hybridized carbons (Fsp3) is 0.333. The summed E-state index contributed by atoms with van der Waals surface area (Å²) in [6.07, 6.45) is 4.98. The Balaban J connectivity index is 0.00000237. The first kappa shape index (κ1) is 31.5. The smallest absolute Gasteiger partial charge is 0.330 e. The molecule has 0 bridgehead atoms. The maximum absolute atomic E-state index is 12.9. The molecule has 2 aromatic heterocycles. The molecule has 12 nitrogen and oxygen atoms in total. The van der Waals surface area contributed by atoms with E-state index in [2.05, 4.69) is 21.1 Å². The number of aromatic nitrogens is 2. The van der Waals surface area contributed by atoms with Crippen molar-refractivity contribution >= 4 is 29.4 Å². The Morgan fingerprint density at radius 1 is 1.17 bits per heavy atom. The zero-order valence-electron chi connectivity index (χ0n) is 23.8. The Labute approximate surface area is 243 Å². The largest absolute Gasteiger partial charge is 0.458 e. The topological polar surface area (TPSA) is 162 Å². The molecule has 3 N–H and O–H groups in total. The fourth-order valence-corrected chi connectivity index (χ4v) is 4.16. The van der Waals surface area contributed by atoms with Gasteiger partial charge in [0.15, 0.2) is 5.69 Å². The van der Waals surface area contributed by atoms with Crippen molar-refractivity contribution in [2.75, 3.05) is 11.9 Å². The highest BCUT2D eigenvalue weighted by Gasteiger charge is 2.27. The van der Waals surface area contributed by atoms with Crippen LogP contribution in [0.25, 0.3) is 0 Å². The third-order valence-corrected chi connectivity index (χ3v) is 6.18. The summed E-state index contributed by atoms with van der Waals surface area (Å²) in [6, 6.07) is 12.9. The summed E-state index contributed by atoms with van der Waals surface area (Å²) in [7, 11) is 0. The lowest BCUT2D eigenvalue weighted by Gasteiger charge is -2.18. The van der Waals surface area contributed by atoms with E-state index < -0.39 is 29.4 Å². The van der Waals surface area contributed by atoms with Gasteiger partial charge in [-0.1, -0.05) is 55.4 Å². The summed E-state index contributed by atoms with van der Waals surface area (Å²) in [5, 5.41) is 11.6. The molecular weight excluding hydrogens is 542 g/mol. The quantitative estimate of drug-likeness (QED) is 0.232. The lowest BCUT2D eigenvalue weighted by molar-refractivity contribution is -0.139. The molecule has 42 heavy (non-hydrogen) atoms. The molecule has 4 rings (SSSR count). The van der Waals surface area contributed by atoms with Gasteiger partial charge >= 0.3 is 5.97 Å². The van der Waals surface area contributed by atoms with Crippen LogP contribution in [-0.2, 0) is 32.3 Å². The SMILES string of the molecule is CC.Cc1cc(C(=O)Nc2cccn(CC(=O)NC(/C=C/C(=O)OCc3ccccc3)CC3CCNC3=O)c2=O)no1. The zero-order chi connectivity index (χ0) is 30.5. The second-order valence-corrected chi connectivity index (χ2v) is 9.27. The van der Waals surface area contributed by atoms with Crippen molar-refractivity contribution < 1.29 is 28.4 Å². The van der Waals surface area contributed by atoms with Gasteiger partial charge in [0.25, 0.3) is 11.5 Å². The Morgan fingerprint density at radius 3 is 2.60 bits per heavy atom. The van der Waals surface area contributed by atoms with E-state index >= 15 is 0 Å². The minimum absolute atomic E-state index is 0.0120. The number of anilines is 1. The average Bonchev–Trinajstić information content (AvgIpc) is 3.61. The van der Waals surface area contributed by atoms with Crippen molar-refractivity contribution in [3.8, 4) is 0 Å². The van der Waals surface area contributed by atoms with E-state index in [1.807, 2.05) is 44.2 Å². The molecular formula is C30H35N5O7. The summed E-state index contributed by atoms with van der Waals surface area (Å²) in [5.41, 5.74) is 0.203. The van der Waals surface area contributed by atoms with Crippen molar-refractivity contribution in [2.24, 2.45) is 5.92 Å². The summed E-state index contributed by atoms with van der Waals surface area (Å²) >= 11 is 0. The molecule has 1 aromatic carbocycles. The Hall–Kier alpha value is -5.00. The number of hydrogen-bond acceptors (Lipinski definition) is 8. The first-order valence-corrected chi connectivity index (χ1v) is 13.7. The zero-order valence-corrected chi connectivity index (χ0v) is 23.8. The third kappa shape index (κ3) is 9.29. The molecule has 0 spiro atoms. The Bertz CT molecular complexity index is 1460. The molecule has 12 heteroatoms. The molecule has 2 unspecified atom stereocenters. The number of carbonyl (C=O) groups is 4. The molecule has 3 aromatic rings. The molecule has 3 heterocycles. The molecule has 3 amide bonds. The number of carbonyl (C=O) groups excluding carboxylic acids is 4. The van der Waals surface area contributed by atoms with Gasteiger partial charge in [-0.2, -0.15) is 0 Å². The lowest BCUT2D eigenvalue weighted by Crippen LogP contribution is -2.40. The van der Waals surface area contributed by atoms with E-state index in [-0.39, 0.29) is 42.8 Å². The van der Waals surface area contributed by atoms with Crippen LogP contribution in [0.5, 0.6) is 0 Å². The highest BCUT2D eigenvalue weighted by atomic mass is 16.5. The van der Waals surface area contributed by atoms with Crippen LogP contribution in [0.1, 0.15) is 48.5 Å². The molecule has 222 valence electrons. The number of esters is 1. The predicted molar refractivity (Wildman–Crippen MR) is 154 cm³/mol. The van der Waals surface area contributed by atoms with Crippen LogP contribution in [0.15, 0.2) is 76.2 Å².